The number of carbonyl (C=O) groups excluding carboxylic acids is 1. The van der Waals surface area contributed by atoms with Crippen molar-refractivity contribution in [3.05, 3.63) is 24.3 Å². The fourth-order valence-electron chi connectivity index (χ4n) is 11.5. The van der Waals surface area contributed by atoms with Gasteiger partial charge in [-0.2, -0.15) is 0 Å². The molecule has 0 aromatic heterocycles. The highest BCUT2D eigenvalue weighted by Gasteiger charge is 2.68. The highest BCUT2D eigenvalue weighted by Crippen LogP contribution is 2.54. The number of aliphatic hydroxyl groups excluding tert-OH is 1. The van der Waals surface area contributed by atoms with Crippen molar-refractivity contribution < 1.29 is 57.3 Å². The van der Waals surface area contributed by atoms with E-state index >= 15 is 0 Å². The molecule has 10 aliphatic rings. The normalized spacial score (nSPS) is 50.9. The van der Waals surface area contributed by atoms with Crippen LogP contribution in [0.15, 0.2) is 24.3 Å². The van der Waals surface area contributed by atoms with E-state index in [1.54, 1.807) is 7.11 Å². The Bertz CT molecular complexity index is 1410. The molecule has 302 valence electrons. The van der Waals surface area contributed by atoms with Crippen molar-refractivity contribution >= 4 is 5.78 Å². The quantitative estimate of drug-likeness (QED) is 0.383. The molecule has 1 spiro atoms. The Morgan fingerprint density at radius 3 is 2.39 bits per heavy atom. The number of fused-ring (bicyclic) bond motifs is 6. The summed E-state index contributed by atoms with van der Waals surface area (Å²) in [6.45, 7) is 13.8. The number of rotatable bonds is 6. The van der Waals surface area contributed by atoms with Gasteiger partial charge in [-0.1, -0.05) is 20.1 Å². The average Bonchev–Trinajstić information content (AvgIpc) is 3.82. The summed E-state index contributed by atoms with van der Waals surface area (Å²) in [6, 6.07) is 0. The lowest BCUT2D eigenvalue weighted by atomic mass is 9.81. The highest BCUT2D eigenvalue weighted by molar-refractivity contribution is 5.79. The molecule has 54 heavy (non-hydrogen) atoms. The van der Waals surface area contributed by atoms with Gasteiger partial charge in [-0.3, -0.25) is 4.79 Å². The number of hydrogen-bond acceptors (Lipinski definition) is 12. The third-order valence-electron chi connectivity index (χ3n) is 14.2. The predicted octanol–water partition coefficient (Wildman–Crippen LogP) is 4.52. The van der Waals surface area contributed by atoms with Crippen LogP contribution in [0, 0.1) is 11.8 Å². The lowest BCUT2D eigenvalue weighted by Crippen LogP contribution is -2.61. The van der Waals surface area contributed by atoms with E-state index in [0.29, 0.717) is 32.3 Å². The fourth-order valence-corrected chi connectivity index (χ4v) is 11.5. The van der Waals surface area contributed by atoms with Gasteiger partial charge >= 0.3 is 0 Å². The molecule has 10 fully saturated rings. The van der Waals surface area contributed by atoms with Crippen LogP contribution in [0.3, 0.4) is 0 Å². The first kappa shape index (κ1) is 38.2. The summed E-state index contributed by atoms with van der Waals surface area (Å²) in [6.07, 6.45) is 4.89. The SMILES string of the molecule is C=C1C[C@@H]2CC[C@@]34C[C@H]5O[C@H]6[C@@H](O3)[C@H]3O[C@H](CC[C@@H]3O[C@H]6[C@H]5O4)CC(=O)C[C@@H]3[C@@H](OC)[C@@H](C[C@H](O)COCC)O[C@H]3C[C@H]3O[C@@H](CC[C@@H]1O2)C[C@@H](C)C3=C. The summed E-state index contributed by atoms with van der Waals surface area (Å²) >= 11 is 0. The van der Waals surface area contributed by atoms with Crippen LogP contribution in [-0.4, -0.2) is 135 Å². The Morgan fingerprint density at radius 1 is 0.796 bits per heavy atom. The molecule has 0 aromatic carbocycles. The van der Waals surface area contributed by atoms with Crippen molar-refractivity contribution in [2.45, 2.75) is 201 Å². The van der Waals surface area contributed by atoms with E-state index in [4.69, 9.17) is 47.4 Å². The first-order valence-electron chi connectivity index (χ1n) is 21.0. The molecule has 0 unspecified atom stereocenters. The van der Waals surface area contributed by atoms with Crippen LogP contribution in [0.2, 0.25) is 0 Å². The molecule has 12 bridgehead atoms. The molecule has 1 N–H and O–H groups in total. The maximum Gasteiger partial charge on any atom is 0.172 e. The Labute approximate surface area is 319 Å². The molecule has 0 saturated carbocycles. The summed E-state index contributed by atoms with van der Waals surface area (Å²) in [5.41, 5.74) is 2.20. The molecule has 10 rings (SSSR count). The maximum atomic E-state index is 14.1. The van der Waals surface area contributed by atoms with Crippen LogP contribution in [0.25, 0.3) is 0 Å². The smallest absolute Gasteiger partial charge is 0.172 e. The van der Waals surface area contributed by atoms with E-state index < -0.39 is 18.0 Å². The molecule has 0 amide bonds. The van der Waals surface area contributed by atoms with Crippen LogP contribution >= 0.6 is 0 Å². The third kappa shape index (κ3) is 7.22. The zero-order valence-corrected chi connectivity index (χ0v) is 32.4. The molecule has 12 nitrogen and oxygen atoms in total. The van der Waals surface area contributed by atoms with Crippen LogP contribution in [0.4, 0.5) is 0 Å². The van der Waals surface area contributed by atoms with Gasteiger partial charge in [0, 0.05) is 58.2 Å². The number of carbonyl (C=O) groups is 1. The minimum Gasteiger partial charge on any atom is -0.391 e. The fraction of sp³-hybridized carbons (Fsp3) is 0.881. The van der Waals surface area contributed by atoms with Gasteiger partial charge in [0.15, 0.2) is 5.79 Å². The van der Waals surface area contributed by atoms with Crippen LogP contribution in [0.5, 0.6) is 0 Å². The third-order valence-corrected chi connectivity index (χ3v) is 14.2. The van der Waals surface area contributed by atoms with Gasteiger partial charge in [-0.15, -0.1) is 0 Å². The van der Waals surface area contributed by atoms with E-state index in [1.165, 1.54) is 0 Å². The Morgan fingerprint density at radius 2 is 1.56 bits per heavy atom. The van der Waals surface area contributed by atoms with E-state index in [1.807, 2.05) is 6.92 Å². The van der Waals surface area contributed by atoms with E-state index in [0.717, 1.165) is 56.1 Å². The second-order valence-electron chi connectivity index (χ2n) is 17.9. The molecule has 10 heterocycles. The zero-order valence-electron chi connectivity index (χ0n) is 32.4. The van der Waals surface area contributed by atoms with Crippen molar-refractivity contribution in [2.75, 3.05) is 20.3 Å². The number of hydrogen-bond donors (Lipinski definition) is 1. The molecule has 10 saturated heterocycles. The first-order valence-corrected chi connectivity index (χ1v) is 21.0. The number of methoxy groups -OCH3 is 1. The van der Waals surface area contributed by atoms with E-state index in [-0.39, 0.29) is 123 Å². The van der Waals surface area contributed by atoms with Crippen molar-refractivity contribution in [3.8, 4) is 0 Å². The molecule has 12 heteroatoms. The van der Waals surface area contributed by atoms with Crippen LogP contribution in [0.1, 0.15) is 97.3 Å². The standard InChI is InChI=1S/C42H62O12/c1-6-46-20-25(44)17-34-36(45-5)29-16-24(43)15-27-8-10-31-37(49-27)41-40-39(51-31)38-35(52-40)19-42(53-38,54-41)12-11-28-14-22(3)30(47-28)9-7-26-13-21(2)23(4)32(48-26)18-33(29)50-34/h21,25-41,44H,3-4,6-20H2,1-2,5H3/t21-,25+,26+,27-,28+,29+,30+,31+,32-,33+,34-,35-,36-,37+,38+,39+,40-,41+,42+/m1/s1. The molecule has 0 radical (unpaired) electrons. The summed E-state index contributed by atoms with van der Waals surface area (Å²) in [5, 5.41) is 10.9. The Hall–Kier alpha value is -1.29. The molecule has 10 aliphatic heterocycles. The Kier molecular flexibility index (Phi) is 11.0. The van der Waals surface area contributed by atoms with Gasteiger partial charge in [-0.05, 0) is 68.9 Å². The van der Waals surface area contributed by atoms with Gasteiger partial charge in [0.05, 0.1) is 73.8 Å². The van der Waals surface area contributed by atoms with Gasteiger partial charge in [-0.25, -0.2) is 0 Å². The van der Waals surface area contributed by atoms with Gasteiger partial charge < -0.3 is 52.5 Å². The molecule has 19 atom stereocenters. The first-order chi connectivity index (χ1) is 26.1. The van der Waals surface area contributed by atoms with Gasteiger partial charge in [0.25, 0.3) is 0 Å². The van der Waals surface area contributed by atoms with E-state index in [9.17, 15) is 9.90 Å². The highest BCUT2D eigenvalue weighted by atomic mass is 16.8. The summed E-state index contributed by atoms with van der Waals surface area (Å²) < 4.78 is 65.8. The van der Waals surface area contributed by atoms with Crippen LogP contribution in [-0.2, 0) is 52.2 Å². The number of aliphatic hydroxyl groups is 1. The molecular formula is C42H62O12. The average molecular weight is 759 g/mol. The van der Waals surface area contributed by atoms with Crippen molar-refractivity contribution in [3.63, 3.8) is 0 Å². The molecule has 0 aromatic rings. The molecular weight excluding hydrogens is 696 g/mol. The minimum atomic E-state index is -0.781. The van der Waals surface area contributed by atoms with Crippen molar-refractivity contribution in [1.82, 2.24) is 0 Å². The van der Waals surface area contributed by atoms with Gasteiger partial charge in [0.1, 0.15) is 36.3 Å². The van der Waals surface area contributed by atoms with Crippen molar-refractivity contribution in [1.29, 1.82) is 0 Å². The largest absolute Gasteiger partial charge is 0.391 e. The molecule has 0 aliphatic carbocycles. The monoisotopic (exact) mass is 758 g/mol. The van der Waals surface area contributed by atoms with E-state index in [2.05, 4.69) is 20.1 Å². The number of ketones is 1. The van der Waals surface area contributed by atoms with Gasteiger partial charge in [0.2, 0.25) is 0 Å². The minimum absolute atomic E-state index is 0.0166. The second-order valence-corrected chi connectivity index (χ2v) is 17.9. The van der Waals surface area contributed by atoms with Crippen LogP contribution < -0.4 is 0 Å². The lowest BCUT2D eigenvalue weighted by Gasteiger charge is -2.47. The second kappa shape index (κ2) is 15.5. The van der Waals surface area contributed by atoms with Crippen molar-refractivity contribution in [2.24, 2.45) is 11.8 Å². The summed E-state index contributed by atoms with van der Waals surface area (Å²) in [5.74, 6) is -0.617. The lowest BCUT2D eigenvalue weighted by molar-refractivity contribution is -0.292. The number of ether oxygens (including phenoxy) is 10. The summed E-state index contributed by atoms with van der Waals surface area (Å²) in [7, 11) is 1.67. The zero-order chi connectivity index (χ0) is 37.3. The topological polar surface area (TPSA) is 130 Å². The number of Topliss-reactive ketones (excluding diaryl/α,β-unsaturated/α-hetero) is 1. The Balaban J connectivity index is 0.984. The maximum absolute atomic E-state index is 14.1. The summed E-state index contributed by atoms with van der Waals surface area (Å²) in [4.78, 5) is 14.1. The predicted molar refractivity (Wildman–Crippen MR) is 194 cm³/mol.